The number of rotatable bonds is 7. The molecule has 1 heterocycles. The molecule has 8 heteroatoms. The molecule has 8 nitrogen and oxygen atoms in total. The zero-order valence-electron chi connectivity index (χ0n) is 14.6. The van der Waals surface area contributed by atoms with E-state index in [4.69, 9.17) is 15.9 Å². The van der Waals surface area contributed by atoms with Crippen LogP contribution in [0.15, 0.2) is 33.5 Å². The van der Waals surface area contributed by atoms with Gasteiger partial charge in [-0.05, 0) is 31.0 Å². The van der Waals surface area contributed by atoms with Crippen LogP contribution in [0.4, 0.5) is 0 Å². The summed E-state index contributed by atoms with van der Waals surface area (Å²) in [6.07, 6.45) is -0.254. The molecule has 1 aromatic heterocycles. The van der Waals surface area contributed by atoms with Gasteiger partial charge in [0.25, 0.3) is 0 Å². The number of carbonyl (C=O) groups excluding carboxylic acids is 3. The van der Waals surface area contributed by atoms with Crippen LogP contribution in [0.2, 0.25) is 0 Å². The summed E-state index contributed by atoms with van der Waals surface area (Å²) in [7, 11) is 0. The lowest BCUT2D eigenvalue weighted by Crippen LogP contribution is -2.48. The first-order chi connectivity index (χ1) is 12.2. The van der Waals surface area contributed by atoms with Crippen LogP contribution in [0, 0.1) is 6.92 Å². The van der Waals surface area contributed by atoms with E-state index in [1.54, 1.807) is 25.1 Å². The maximum atomic E-state index is 12.3. The second kappa shape index (κ2) is 7.92. The molecule has 5 N–H and O–H groups in total. The van der Waals surface area contributed by atoms with Gasteiger partial charge < -0.3 is 21.2 Å². The molecule has 0 spiro atoms. The quantitative estimate of drug-likeness (QED) is 0.590. The third-order valence-electron chi connectivity index (χ3n) is 3.99. The van der Waals surface area contributed by atoms with E-state index >= 15 is 0 Å². The Labute approximate surface area is 149 Å². The summed E-state index contributed by atoms with van der Waals surface area (Å²) in [5.74, 6) is -1.57. The van der Waals surface area contributed by atoms with Crippen molar-refractivity contribution in [3.8, 4) is 0 Å². The zero-order valence-corrected chi connectivity index (χ0v) is 14.6. The number of nitrogens with two attached hydrogens (primary N) is 2. The molecule has 0 unspecified atom stereocenters. The van der Waals surface area contributed by atoms with E-state index in [1.807, 2.05) is 0 Å². The third kappa shape index (κ3) is 4.76. The second-order valence-corrected chi connectivity index (χ2v) is 6.23. The Balaban J connectivity index is 2.07. The number of Topliss-reactive ketones (excluding diaryl/α,β-unsaturated/α-hetero) is 1. The van der Waals surface area contributed by atoms with Crippen molar-refractivity contribution < 1.29 is 18.8 Å². The van der Waals surface area contributed by atoms with Crippen LogP contribution in [0.3, 0.4) is 0 Å². The molecule has 0 aliphatic carbocycles. The summed E-state index contributed by atoms with van der Waals surface area (Å²) < 4.78 is 5.16. The van der Waals surface area contributed by atoms with Gasteiger partial charge in [0, 0.05) is 17.9 Å². The first-order valence-corrected chi connectivity index (χ1v) is 8.07. The van der Waals surface area contributed by atoms with Crippen molar-refractivity contribution in [1.82, 2.24) is 5.32 Å². The Morgan fingerprint density at radius 3 is 2.58 bits per heavy atom. The van der Waals surface area contributed by atoms with Gasteiger partial charge in [-0.1, -0.05) is 12.1 Å². The Morgan fingerprint density at radius 2 is 1.92 bits per heavy atom. The molecule has 0 saturated heterocycles. The van der Waals surface area contributed by atoms with E-state index < -0.39 is 29.5 Å². The number of primary amides is 1. The lowest BCUT2D eigenvalue weighted by atomic mass is 10.0. The Morgan fingerprint density at radius 1 is 1.23 bits per heavy atom. The Bertz CT molecular complexity index is 919. The highest BCUT2D eigenvalue weighted by atomic mass is 16.4. The second-order valence-electron chi connectivity index (χ2n) is 6.23. The highest BCUT2D eigenvalue weighted by Crippen LogP contribution is 2.18. The topological polar surface area (TPSA) is 145 Å². The minimum absolute atomic E-state index is 0.0418. The molecule has 2 aromatic rings. The number of hydrogen-bond donors (Lipinski definition) is 3. The fraction of sp³-hybridized carbons (Fsp3) is 0.333. The maximum Gasteiger partial charge on any atom is 0.336 e. The smallest absolute Gasteiger partial charge is 0.336 e. The minimum Gasteiger partial charge on any atom is -0.423 e. The van der Waals surface area contributed by atoms with Gasteiger partial charge in [0.1, 0.15) is 5.58 Å². The van der Waals surface area contributed by atoms with Crippen molar-refractivity contribution in [2.75, 3.05) is 0 Å². The number of nitrogens with one attached hydrogen (secondary N) is 1. The van der Waals surface area contributed by atoms with E-state index in [0.717, 1.165) is 10.9 Å². The Kier molecular flexibility index (Phi) is 5.89. The molecule has 26 heavy (non-hydrogen) atoms. The average molecular weight is 359 g/mol. The molecule has 0 fully saturated rings. The SMILES string of the molecule is Cc1cc(=O)oc2cc(CC(=O)[C@H](C)NC(=O)[C@H](N)CC(N)=O)ccc12. The van der Waals surface area contributed by atoms with Crippen LogP contribution in [-0.2, 0) is 20.8 Å². The van der Waals surface area contributed by atoms with E-state index in [0.29, 0.717) is 11.1 Å². The van der Waals surface area contributed by atoms with Crippen molar-refractivity contribution >= 4 is 28.6 Å². The van der Waals surface area contributed by atoms with Crippen molar-refractivity contribution in [2.45, 2.75) is 38.8 Å². The summed E-state index contributed by atoms with van der Waals surface area (Å²) in [5, 5.41) is 3.26. The summed E-state index contributed by atoms with van der Waals surface area (Å²) in [6.45, 7) is 3.33. The zero-order chi connectivity index (χ0) is 19.4. The van der Waals surface area contributed by atoms with Gasteiger partial charge in [-0.15, -0.1) is 0 Å². The van der Waals surface area contributed by atoms with Gasteiger partial charge in [0.05, 0.1) is 18.5 Å². The molecular formula is C18H21N3O5. The fourth-order valence-electron chi connectivity index (χ4n) is 2.54. The molecule has 0 bridgehead atoms. The fourth-order valence-corrected chi connectivity index (χ4v) is 2.54. The lowest BCUT2D eigenvalue weighted by molar-refractivity contribution is -0.129. The van der Waals surface area contributed by atoms with Gasteiger partial charge >= 0.3 is 5.63 Å². The summed E-state index contributed by atoms with van der Waals surface area (Å²) >= 11 is 0. The molecular weight excluding hydrogens is 338 g/mol. The number of hydrogen-bond acceptors (Lipinski definition) is 6. The van der Waals surface area contributed by atoms with Crippen LogP contribution < -0.4 is 22.4 Å². The molecule has 138 valence electrons. The van der Waals surface area contributed by atoms with E-state index in [-0.39, 0.29) is 18.6 Å². The largest absolute Gasteiger partial charge is 0.423 e. The molecule has 2 amide bonds. The first-order valence-electron chi connectivity index (χ1n) is 8.07. The summed E-state index contributed by atoms with van der Waals surface area (Å²) in [5.41, 5.74) is 11.9. The van der Waals surface area contributed by atoms with Crippen molar-refractivity contribution in [3.63, 3.8) is 0 Å². The van der Waals surface area contributed by atoms with Crippen LogP contribution in [0.5, 0.6) is 0 Å². The third-order valence-corrected chi connectivity index (χ3v) is 3.99. The van der Waals surface area contributed by atoms with Crippen LogP contribution in [0.1, 0.15) is 24.5 Å². The van der Waals surface area contributed by atoms with Gasteiger partial charge in [0.2, 0.25) is 11.8 Å². The molecule has 0 radical (unpaired) electrons. The Hall–Kier alpha value is -3.00. The number of amides is 2. The van der Waals surface area contributed by atoms with E-state index in [1.165, 1.54) is 13.0 Å². The van der Waals surface area contributed by atoms with E-state index in [9.17, 15) is 19.2 Å². The van der Waals surface area contributed by atoms with Gasteiger partial charge in [-0.3, -0.25) is 14.4 Å². The molecule has 2 atom stereocenters. The molecule has 0 aliphatic rings. The van der Waals surface area contributed by atoms with Crippen LogP contribution >= 0.6 is 0 Å². The first kappa shape index (κ1) is 19.3. The lowest BCUT2D eigenvalue weighted by Gasteiger charge is -2.16. The molecule has 0 aliphatic heterocycles. The molecule has 0 saturated carbocycles. The summed E-state index contributed by atoms with van der Waals surface area (Å²) in [6, 6.07) is 4.69. The number of ketones is 1. The minimum atomic E-state index is -1.10. The van der Waals surface area contributed by atoms with E-state index in [2.05, 4.69) is 5.32 Å². The number of benzene rings is 1. The van der Waals surface area contributed by atoms with Gasteiger partial charge in [-0.2, -0.15) is 0 Å². The monoisotopic (exact) mass is 359 g/mol. The summed E-state index contributed by atoms with van der Waals surface area (Å²) in [4.78, 5) is 46.4. The van der Waals surface area contributed by atoms with Crippen molar-refractivity contribution in [2.24, 2.45) is 11.5 Å². The standard InChI is InChI=1S/C18H21N3O5/c1-9-5-17(24)26-15-7-11(3-4-12(9)15)6-14(22)10(2)21-18(25)13(19)8-16(20)23/h3-5,7,10,13H,6,8,19H2,1-2H3,(H2,20,23)(H,21,25)/t10-,13+/m0/s1. The number of carbonyl (C=O) groups is 3. The number of aryl methyl sites for hydroxylation is 1. The van der Waals surface area contributed by atoms with Crippen molar-refractivity contribution in [3.05, 3.63) is 45.8 Å². The van der Waals surface area contributed by atoms with Gasteiger partial charge in [-0.25, -0.2) is 4.79 Å². The normalized spacial score (nSPS) is 13.2. The number of fused-ring (bicyclic) bond motifs is 1. The predicted octanol–water partition coefficient (Wildman–Crippen LogP) is -0.0796. The predicted molar refractivity (Wildman–Crippen MR) is 95.3 cm³/mol. The van der Waals surface area contributed by atoms with Crippen molar-refractivity contribution in [1.29, 1.82) is 0 Å². The van der Waals surface area contributed by atoms with Crippen LogP contribution in [-0.4, -0.2) is 29.7 Å². The maximum absolute atomic E-state index is 12.3. The molecule has 1 aromatic carbocycles. The van der Waals surface area contributed by atoms with Gasteiger partial charge in [0.15, 0.2) is 5.78 Å². The highest BCUT2D eigenvalue weighted by molar-refractivity contribution is 5.93. The average Bonchev–Trinajstić information content (AvgIpc) is 2.53. The molecule has 2 rings (SSSR count). The van der Waals surface area contributed by atoms with Crippen LogP contribution in [0.25, 0.3) is 11.0 Å². The highest BCUT2D eigenvalue weighted by Gasteiger charge is 2.21.